The number of hydrogen-bond acceptors (Lipinski definition) is 11. The molecule has 3 fully saturated rings. The number of amides is 5. The predicted octanol–water partition coefficient (Wildman–Crippen LogP) is 6.69. The fourth-order valence-corrected chi connectivity index (χ4v) is 11.5. The van der Waals surface area contributed by atoms with E-state index >= 15 is 0 Å². The van der Waals surface area contributed by atoms with Crippen molar-refractivity contribution in [3.8, 4) is 22.5 Å². The smallest absolute Gasteiger partial charge is 0.324 e. The molecule has 0 aliphatic carbocycles. The van der Waals surface area contributed by atoms with Gasteiger partial charge in [0.2, 0.25) is 5.91 Å². The van der Waals surface area contributed by atoms with Gasteiger partial charge in [0.05, 0.1) is 34.8 Å². The summed E-state index contributed by atoms with van der Waals surface area (Å²) in [5.41, 5.74) is 9.02. The van der Waals surface area contributed by atoms with E-state index < -0.39 is 53.1 Å². The summed E-state index contributed by atoms with van der Waals surface area (Å²) in [5.74, 6) is -3.40. The second kappa shape index (κ2) is 19.9. The number of aryl methyl sites for hydroxylation is 1. The van der Waals surface area contributed by atoms with Crippen molar-refractivity contribution in [1.29, 1.82) is 0 Å². The number of ether oxygens (including phenoxy) is 2. The van der Waals surface area contributed by atoms with Gasteiger partial charge in [-0.2, -0.15) is 0 Å². The molecular formula is C51H66FN9O7S. The summed E-state index contributed by atoms with van der Waals surface area (Å²) < 4.78 is 27.7. The molecule has 0 unspecified atom stereocenters. The van der Waals surface area contributed by atoms with Crippen LogP contribution < -0.4 is 10.7 Å². The van der Waals surface area contributed by atoms with E-state index in [1.165, 1.54) is 26.1 Å². The highest BCUT2D eigenvalue weighted by Gasteiger charge is 2.48. The molecule has 0 radical (unpaired) electrons. The van der Waals surface area contributed by atoms with E-state index in [0.29, 0.717) is 76.4 Å². The summed E-state index contributed by atoms with van der Waals surface area (Å²) in [7, 11) is 3.28. The molecule has 16 nitrogen and oxygen atoms in total. The van der Waals surface area contributed by atoms with Crippen LogP contribution in [-0.4, -0.2) is 136 Å². The van der Waals surface area contributed by atoms with E-state index in [1.54, 1.807) is 25.3 Å². The van der Waals surface area contributed by atoms with Crippen LogP contribution in [0.15, 0.2) is 54.3 Å². The van der Waals surface area contributed by atoms with Gasteiger partial charge in [0.1, 0.15) is 18.1 Å². The number of nitrogens with one attached hydrogen (secondary N) is 2. The number of cyclic esters (lactones) is 1. The topological polar surface area (TPSA) is 172 Å². The van der Waals surface area contributed by atoms with E-state index in [0.717, 1.165) is 44.7 Å². The van der Waals surface area contributed by atoms with Crippen LogP contribution in [0.2, 0.25) is 0 Å². The molecule has 5 amide bonds. The lowest BCUT2D eigenvalue weighted by molar-refractivity contribution is -0.155. The van der Waals surface area contributed by atoms with Crippen LogP contribution in [0, 0.1) is 16.7 Å². The molecule has 4 aliphatic heterocycles. The van der Waals surface area contributed by atoms with Gasteiger partial charge >= 0.3 is 12.0 Å². The van der Waals surface area contributed by atoms with Crippen molar-refractivity contribution in [1.82, 2.24) is 45.0 Å². The molecule has 0 saturated carbocycles. The third kappa shape index (κ3) is 10.0. The first kappa shape index (κ1) is 49.7. The second-order valence-electron chi connectivity index (χ2n) is 20.4. The minimum Gasteiger partial charge on any atom is -0.464 e. The number of benzene rings is 1. The molecule has 4 atom stereocenters. The van der Waals surface area contributed by atoms with Gasteiger partial charge in [0.25, 0.3) is 11.8 Å². The lowest BCUT2D eigenvalue weighted by atomic mass is 9.72. The van der Waals surface area contributed by atoms with E-state index in [9.17, 15) is 28.4 Å². The van der Waals surface area contributed by atoms with Gasteiger partial charge in [-0.05, 0) is 81.7 Å². The van der Waals surface area contributed by atoms with Crippen molar-refractivity contribution in [3.63, 3.8) is 0 Å². The molecule has 4 aromatic rings. The maximum Gasteiger partial charge on any atom is 0.324 e. The Kier molecular flexibility index (Phi) is 14.4. The van der Waals surface area contributed by atoms with Crippen molar-refractivity contribution >= 4 is 52.0 Å². The number of nitrogens with zero attached hydrogens (tertiary/aromatic N) is 7. The number of likely N-dealkylation sites (tertiary alicyclic amines) is 2. The summed E-state index contributed by atoms with van der Waals surface area (Å²) in [4.78, 5) is 83.8. The average Bonchev–Trinajstić information content (AvgIpc) is 3.92. The number of piperidine rings is 1. The lowest BCUT2D eigenvalue weighted by Crippen LogP contribution is -2.64. The molecular weight excluding hydrogens is 902 g/mol. The van der Waals surface area contributed by atoms with Crippen LogP contribution in [0.4, 0.5) is 9.18 Å². The highest BCUT2D eigenvalue weighted by Crippen LogP contribution is 2.43. The molecule has 1 aromatic carbocycles. The number of urea groups is 1. The molecule has 4 aliphatic rings. The first-order valence-electron chi connectivity index (χ1n) is 24.1. The predicted molar refractivity (Wildman–Crippen MR) is 261 cm³/mol. The van der Waals surface area contributed by atoms with Crippen molar-refractivity contribution in [3.05, 3.63) is 70.6 Å². The van der Waals surface area contributed by atoms with Gasteiger partial charge in [-0.15, -0.1) is 11.3 Å². The number of fused-ring (bicyclic) bond motifs is 6. The normalized spacial score (nSPS) is 21.3. The van der Waals surface area contributed by atoms with Crippen LogP contribution in [0.5, 0.6) is 0 Å². The van der Waals surface area contributed by atoms with Crippen LogP contribution in [-0.2, 0) is 48.0 Å². The third-order valence-electron chi connectivity index (χ3n) is 14.4. The number of esters is 1. The Morgan fingerprint density at radius 1 is 1.10 bits per heavy atom. The van der Waals surface area contributed by atoms with Gasteiger partial charge in [-0.3, -0.25) is 29.2 Å². The SMILES string of the molecule is C=C(F)C(=O)N1CC2(CCN(C(=O)N(C)[C@H](C(=O)N[C@H]3Cc4nc(cs4)-c4ccc5c(c4)c(c(-c4cccnc4[C@H](C)OC)n5CC)CC(C)(C)COC(=O)[C@@H]4CCCN(N4)C3=O)C(C)C)CC2)C1. The van der Waals surface area contributed by atoms with Gasteiger partial charge in [0.15, 0.2) is 5.83 Å². The maximum atomic E-state index is 14.7. The summed E-state index contributed by atoms with van der Waals surface area (Å²) in [5, 5.41) is 8.08. The molecule has 7 heterocycles. The standard InChI is InChI=1S/C51H66FN9O7S/c1-10-60-40-16-15-33-23-35(40)36(44(60)34-13-11-19-53-42(34)32(5)67-9)25-50(6,7)29-68-48(65)37-14-12-20-61(56-37)47(64)38(24-41-54-39(33)26-69-41)55-45(62)43(30(2)3)57(8)49(66)58-21-17-51(18-22-58)27-59(28-51)46(63)31(4)52/h11,13,15-16,19,23,26,30,32,37-38,43,56H,4,10,12,14,17-18,20-22,24-25,27-29H2,1-3,5-9H3,(H,55,62)/t32-,37-,38-,43-/m0/s1. The summed E-state index contributed by atoms with van der Waals surface area (Å²) in [6.45, 7) is 17.9. The number of hydrogen-bond donors (Lipinski definition) is 2. The van der Waals surface area contributed by atoms with Crippen molar-refractivity contribution in [2.75, 3.05) is 53.5 Å². The number of halogens is 1. The third-order valence-corrected chi connectivity index (χ3v) is 15.3. The molecule has 3 aromatic heterocycles. The number of pyridine rings is 1. The number of likely N-dealkylation sites (N-methyl/N-ethyl adjacent to an activating group) is 1. The number of hydrazine groups is 1. The Bertz CT molecular complexity index is 2630. The van der Waals surface area contributed by atoms with Gasteiger partial charge < -0.3 is 34.1 Å². The minimum absolute atomic E-state index is 0.0635. The Morgan fingerprint density at radius 2 is 1.84 bits per heavy atom. The van der Waals surface area contributed by atoms with Crippen molar-refractivity contribution in [2.24, 2.45) is 16.7 Å². The Hall–Kier alpha value is -5.72. The number of carbonyl (C=O) groups is 5. The molecule has 6 bridgehead atoms. The molecule has 3 saturated heterocycles. The quantitative estimate of drug-likeness (QED) is 0.136. The fraction of sp³-hybridized carbons (Fsp3) is 0.549. The molecule has 2 N–H and O–H groups in total. The van der Waals surface area contributed by atoms with Gasteiger partial charge in [-0.25, -0.2) is 19.6 Å². The lowest BCUT2D eigenvalue weighted by Gasteiger charge is -2.54. The molecule has 69 heavy (non-hydrogen) atoms. The van der Waals surface area contributed by atoms with E-state index in [4.69, 9.17) is 19.4 Å². The number of carbonyl (C=O) groups excluding carboxylic acids is 5. The number of methoxy groups -OCH3 is 1. The van der Waals surface area contributed by atoms with E-state index in [1.807, 2.05) is 32.2 Å². The minimum atomic E-state index is -1.10. The van der Waals surface area contributed by atoms with Crippen LogP contribution >= 0.6 is 11.3 Å². The average molecular weight is 968 g/mol. The Morgan fingerprint density at radius 3 is 2.52 bits per heavy atom. The molecule has 18 heteroatoms. The zero-order valence-corrected chi connectivity index (χ0v) is 41.9. The van der Waals surface area contributed by atoms with Crippen LogP contribution in [0.25, 0.3) is 33.4 Å². The maximum absolute atomic E-state index is 14.7. The zero-order valence-electron chi connectivity index (χ0n) is 41.1. The largest absolute Gasteiger partial charge is 0.464 e. The second-order valence-corrected chi connectivity index (χ2v) is 21.3. The Balaban J connectivity index is 1.10. The summed E-state index contributed by atoms with van der Waals surface area (Å²) in [6.07, 6.45) is 4.41. The number of rotatable bonds is 9. The fourth-order valence-electron chi connectivity index (χ4n) is 10.7. The number of thiazole rings is 1. The van der Waals surface area contributed by atoms with Crippen LogP contribution in [0.1, 0.15) is 89.6 Å². The highest BCUT2D eigenvalue weighted by molar-refractivity contribution is 7.10. The monoisotopic (exact) mass is 967 g/mol. The molecule has 370 valence electrons. The van der Waals surface area contributed by atoms with Crippen LogP contribution in [0.3, 0.4) is 0 Å². The highest BCUT2D eigenvalue weighted by atomic mass is 32.1. The first-order valence-corrected chi connectivity index (χ1v) is 25.0. The van der Waals surface area contributed by atoms with E-state index in [2.05, 4.69) is 66.9 Å². The molecule has 1 spiro atoms. The summed E-state index contributed by atoms with van der Waals surface area (Å²) in [6, 6.07) is 7.23. The number of aromatic nitrogens is 3. The molecule has 8 rings (SSSR count). The summed E-state index contributed by atoms with van der Waals surface area (Å²) >= 11 is 1.40. The Labute approximate surface area is 407 Å². The van der Waals surface area contributed by atoms with E-state index in [-0.39, 0.29) is 36.5 Å². The van der Waals surface area contributed by atoms with Gasteiger partial charge in [-0.1, -0.05) is 40.3 Å². The van der Waals surface area contributed by atoms with Crippen molar-refractivity contribution in [2.45, 2.75) is 111 Å². The van der Waals surface area contributed by atoms with Gasteiger partial charge in [0, 0.05) is 104 Å². The zero-order chi connectivity index (χ0) is 49.5. The van der Waals surface area contributed by atoms with Crippen molar-refractivity contribution < 1.29 is 37.8 Å². The first-order chi connectivity index (χ1) is 32.8.